The molecule has 0 spiro atoms. The molecule has 27 heavy (non-hydrogen) atoms. The number of hydrogen-bond donors (Lipinski definition) is 1. The Morgan fingerprint density at radius 1 is 0.926 bits per heavy atom. The van der Waals surface area contributed by atoms with E-state index in [-0.39, 0.29) is 5.91 Å². The molecule has 2 aromatic carbocycles. The summed E-state index contributed by atoms with van der Waals surface area (Å²) < 4.78 is 0. The summed E-state index contributed by atoms with van der Waals surface area (Å²) in [6, 6.07) is 16.2. The van der Waals surface area contributed by atoms with Gasteiger partial charge in [0.1, 0.15) is 0 Å². The van der Waals surface area contributed by atoms with Crippen molar-refractivity contribution in [2.45, 2.75) is 25.7 Å². The molecule has 0 aliphatic carbocycles. The lowest BCUT2D eigenvalue weighted by atomic mass is 10.0. The van der Waals surface area contributed by atoms with Gasteiger partial charge in [-0.05, 0) is 61.3 Å². The van der Waals surface area contributed by atoms with Gasteiger partial charge in [-0.25, -0.2) is 0 Å². The van der Waals surface area contributed by atoms with Crippen molar-refractivity contribution in [1.82, 2.24) is 9.80 Å². The number of carbonyl (C=O) groups is 1. The second kappa shape index (κ2) is 9.56. The maximum atomic E-state index is 12.7. The Morgan fingerprint density at radius 3 is 2.04 bits per heavy atom. The molecule has 1 fully saturated rings. The summed E-state index contributed by atoms with van der Waals surface area (Å²) in [5.41, 5.74) is 4.13. The molecule has 0 aromatic heterocycles. The molecule has 0 radical (unpaired) electrons. The number of nitrogens with one attached hydrogen (secondary N) is 1. The standard InChI is InChI=1S/C23H31N3O/c1-24-22-13-11-20(12-14-22)19-7-9-21(10-8-19)23(27)25(2)17-18-26-15-5-3-4-6-16-26/h7-14,24H,3-6,15-18H2,1-2H3. The lowest BCUT2D eigenvalue weighted by Crippen LogP contribution is -2.36. The first-order valence-electron chi connectivity index (χ1n) is 10.0. The molecule has 0 bridgehead atoms. The maximum absolute atomic E-state index is 12.7. The number of nitrogens with zero attached hydrogens (tertiary/aromatic N) is 2. The summed E-state index contributed by atoms with van der Waals surface area (Å²) in [7, 11) is 3.82. The molecule has 144 valence electrons. The number of hydrogen-bond acceptors (Lipinski definition) is 3. The van der Waals surface area contributed by atoms with Gasteiger partial charge in [-0.2, -0.15) is 0 Å². The van der Waals surface area contributed by atoms with Gasteiger partial charge in [0.25, 0.3) is 5.91 Å². The van der Waals surface area contributed by atoms with Crippen molar-refractivity contribution in [2.75, 3.05) is 45.6 Å². The van der Waals surface area contributed by atoms with Crippen molar-refractivity contribution in [2.24, 2.45) is 0 Å². The van der Waals surface area contributed by atoms with E-state index in [1.807, 2.05) is 43.3 Å². The fraction of sp³-hybridized carbons (Fsp3) is 0.435. The zero-order chi connectivity index (χ0) is 19.1. The van der Waals surface area contributed by atoms with E-state index < -0.39 is 0 Å². The summed E-state index contributed by atoms with van der Waals surface area (Å²) in [4.78, 5) is 17.1. The summed E-state index contributed by atoms with van der Waals surface area (Å²) in [5.74, 6) is 0.0990. The quantitative estimate of drug-likeness (QED) is 0.827. The fourth-order valence-electron chi connectivity index (χ4n) is 3.61. The van der Waals surface area contributed by atoms with Gasteiger partial charge in [-0.3, -0.25) is 4.79 Å². The van der Waals surface area contributed by atoms with Gasteiger partial charge in [0.2, 0.25) is 0 Å². The van der Waals surface area contributed by atoms with Gasteiger partial charge in [-0.15, -0.1) is 0 Å². The van der Waals surface area contributed by atoms with Crippen molar-refractivity contribution in [3.8, 4) is 11.1 Å². The summed E-state index contributed by atoms with van der Waals surface area (Å²) in [6.07, 6.45) is 5.26. The molecule has 0 atom stereocenters. The van der Waals surface area contributed by atoms with E-state index in [1.54, 1.807) is 0 Å². The molecule has 4 nitrogen and oxygen atoms in total. The van der Waals surface area contributed by atoms with E-state index in [9.17, 15) is 4.79 Å². The minimum Gasteiger partial charge on any atom is -0.388 e. The normalized spacial score (nSPS) is 15.2. The highest BCUT2D eigenvalue weighted by Gasteiger charge is 2.14. The minimum absolute atomic E-state index is 0.0990. The molecular weight excluding hydrogens is 334 g/mol. The highest BCUT2D eigenvalue weighted by Crippen LogP contribution is 2.22. The average Bonchev–Trinajstić information content (AvgIpc) is 3.00. The minimum atomic E-state index is 0.0990. The second-order valence-electron chi connectivity index (χ2n) is 7.39. The van der Waals surface area contributed by atoms with Crippen molar-refractivity contribution in [3.05, 3.63) is 54.1 Å². The van der Waals surface area contributed by atoms with Gasteiger partial charge in [0, 0.05) is 38.4 Å². The van der Waals surface area contributed by atoms with Crippen LogP contribution in [-0.4, -0.2) is 56.0 Å². The molecule has 1 saturated heterocycles. The number of benzene rings is 2. The number of likely N-dealkylation sites (N-methyl/N-ethyl adjacent to an activating group) is 1. The third-order valence-electron chi connectivity index (χ3n) is 5.44. The number of anilines is 1. The van der Waals surface area contributed by atoms with Crippen molar-refractivity contribution in [3.63, 3.8) is 0 Å². The van der Waals surface area contributed by atoms with Crippen LogP contribution in [0.5, 0.6) is 0 Å². The molecule has 1 heterocycles. The lowest BCUT2D eigenvalue weighted by molar-refractivity contribution is 0.0778. The Labute approximate surface area is 163 Å². The molecular formula is C23H31N3O. The summed E-state index contributed by atoms with van der Waals surface area (Å²) in [5, 5.41) is 3.13. The van der Waals surface area contributed by atoms with Gasteiger partial charge in [-0.1, -0.05) is 37.1 Å². The van der Waals surface area contributed by atoms with Crippen LogP contribution < -0.4 is 5.32 Å². The third kappa shape index (κ3) is 5.33. The fourth-order valence-corrected chi connectivity index (χ4v) is 3.61. The van der Waals surface area contributed by atoms with Crippen LogP contribution in [0, 0.1) is 0 Å². The monoisotopic (exact) mass is 365 g/mol. The molecule has 1 amide bonds. The molecule has 0 unspecified atom stereocenters. The Hall–Kier alpha value is -2.33. The first kappa shape index (κ1) is 19.4. The van der Waals surface area contributed by atoms with E-state index in [2.05, 4.69) is 34.5 Å². The largest absolute Gasteiger partial charge is 0.388 e. The molecule has 1 aliphatic heterocycles. The van der Waals surface area contributed by atoms with E-state index in [4.69, 9.17) is 0 Å². The predicted octanol–water partition coefficient (Wildman–Crippen LogP) is 4.34. The van der Waals surface area contributed by atoms with Crippen LogP contribution >= 0.6 is 0 Å². The van der Waals surface area contributed by atoms with Gasteiger partial charge < -0.3 is 15.1 Å². The molecule has 1 N–H and O–H groups in total. The van der Waals surface area contributed by atoms with Crippen LogP contribution in [0.2, 0.25) is 0 Å². The highest BCUT2D eigenvalue weighted by atomic mass is 16.2. The SMILES string of the molecule is CNc1ccc(-c2ccc(C(=O)N(C)CCN3CCCCCC3)cc2)cc1. The van der Waals surface area contributed by atoms with Crippen LogP contribution in [0.25, 0.3) is 11.1 Å². The maximum Gasteiger partial charge on any atom is 0.253 e. The zero-order valence-electron chi connectivity index (χ0n) is 16.6. The summed E-state index contributed by atoms with van der Waals surface area (Å²) >= 11 is 0. The molecule has 1 aliphatic rings. The molecule has 2 aromatic rings. The molecule has 4 heteroatoms. The summed E-state index contributed by atoms with van der Waals surface area (Å²) in [6.45, 7) is 4.09. The van der Waals surface area contributed by atoms with Gasteiger partial charge in [0.15, 0.2) is 0 Å². The van der Waals surface area contributed by atoms with Crippen molar-refractivity contribution < 1.29 is 4.79 Å². The van der Waals surface area contributed by atoms with E-state index in [0.29, 0.717) is 0 Å². The Balaban J connectivity index is 1.57. The second-order valence-corrected chi connectivity index (χ2v) is 7.39. The molecule has 3 rings (SSSR count). The smallest absolute Gasteiger partial charge is 0.253 e. The third-order valence-corrected chi connectivity index (χ3v) is 5.44. The first-order chi connectivity index (χ1) is 13.2. The van der Waals surface area contributed by atoms with Gasteiger partial charge >= 0.3 is 0 Å². The average molecular weight is 366 g/mol. The van der Waals surface area contributed by atoms with E-state index in [0.717, 1.165) is 35.5 Å². The lowest BCUT2D eigenvalue weighted by Gasteiger charge is -2.24. The number of rotatable bonds is 6. The van der Waals surface area contributed by atoms with Crippen LogP contribution in [0.3, 0.4) is 0 Å². The van der Waals surface area contributed by atoms with E-state index >= 15 is 0 Å². The zero-order valence-corrected chi connectivity index (χ0v) is 16.6. The Kier molecular flexibility index (Phi) is 6.88. The van der Waals surface area contributed by atoms with Crippen LogP contribution in [0.4, 0.5) is 5.69 Å². The van der Waals surface area contributed by atoms with Crippen molar-refractivity contribution >= 4 is 11.6 Å². The number of likely N-dealkylation sites (tertiary alicyclic amines) is 1. The van der Waals surface area contributed by atoms with Crippen molar-refractivity contribution in [1.29, 1.82) is 0 Å². The topological polar surface area (TPSA) is 35.6 Å². The Morgan fingerprint density at radius 2 is 1.48 bits per heavy atom. The predicted molar refractivity (Wildman–Crippen MR) is 113 cm³/mol. The van der Waals surface area contributed by atoms with Crippen LogP contribution in [0.1, 0.15) is 36.0 Å². The van der Waals surface area contributed by atoms with Crippen LogP contribution in [-0.2, 0) is 0 Å². The highest BCUT2D eigenvalue weighted by molar-refractivity contribution is 5.94. The van der Waals surface area contributed by atoms with Gasteiger partial charge in [0.05, 0.1) is 0 Å². The van der Waals surface area contributed by atoms with Crippen LogP contribution in [0.15, 0.2) is 48.5 Å². The van der Waals surface area contributed by atoms with E-state index in [1.165, 1.54) is 38.8 Å². The molecule has 0 saturated carbocycles. The number of carbonyl (C=O) groups excluding carboxylic acids is 1. The Bertz CT molecular complexity index is 716. The first-order valence-corrected chi connectivity index (χ1v) is 10.0. The number of amides is 1.